The van der Waals surface area contributed by atoms with E-state index in [0.717, 1.165) is 58.0 Å². The summed E-state index contributed by atoms with van der Waals surface area (Å²) in [5.74, 6) is -0.278. The van der Waals surface area contributed by atoms with E-state index in [0.29, 0.717) is 52.2 Å². The Hall–Kier alpha value is -1.22. The monoisotopic (exact) mass is 867 g/mol. The summed E-state index contributed by atoms with van der Waals surface area (Å²) >= 11 is 0. The Labute approximate surface area is 379 Å². The molecular formula is C53H106N2O6. The van der Waals surface area contributed by atoms with Crippen molar-refractivity contribution in [3.63, 3.8) is 0 Å². The van der Waals surface area contributed by atoms with E-state index in [-0.39, 0.29) is 25.2 Å². The van der Waals surface area contributed by atoms with Crippen molar-refractivity contribution < 1.29 is 29.3 Å². The first-order valence-electron chi connectivity index (χ1n) is 27.0. The molecule has 364 valence electrons. The van der Waals surface area contributed by atoms with E-state index in [9.17, 15) is 19.8 Å². The number of carbonyl (C=O) groups is 2. The van der Waals surface area contributed by atoms with Gasteiger partial charge in [0.1, 0.15) is 13.2 Å². The van der Waals surface area contributed by atoms with Crippen molar-refractivity contribution >= 4 is 11.9 Å². The van der Waals surface area contributed by atoms with Crippen molar-refractivity contribution in [3.05, 3.63) is 0 Å². The summed E-state index contributed by atoms with van der Waals surface area (Å²) in [7, 11) is 0. The van der Waals surface area contributed by atoms with E-state index in [1.165, 1.54) is 193 Å². The Bertz CT molecular complexity index is 808. The Morgan fingerprint density at radius 2 is 0.541 bits per heavy atom. The van der Waals surface area contributed by atoms with E-state index in [2.05, 4.69) is 23.6 Å². The molecule has 0 aliphatic rings. The Balaban J connectivity index is 3.67. The van der Waals surface area contributed by atoms with Crippen LogP contribution in [-0.4, -0.2) is 97.6 Å². The number of aliphatic hydroxyl groups excluding tert-OH is 2. The molecule has 0 saturated carbocycles. The first kappa shape index (κ1) is 59.8. The summed E-state index contributed by atoms with van der Waals surface area (Å²) in [6.07, 6.45) is 49.0. The number of hydrogen-bond acceptors (Lipinski definition) is 8. The van der Waals surface area contributed by atoms with E-state index in [4.69, 9.17) is 9.47 Å². The number of carbonyl (C=O) groups excluding carboxylic acids is 2. The SMILES string of the molecule is CCCCCCCCCCCCCCCCCCN(CCO)CCOC(=O)CCCCCCCC(=O)OCCN(CCO)CCCCCCCCCCCCCCCCCC. The second kappa shape index (κ2) is 51.4. The van der Waals surface area contributed by atoms with Gasteiger partial charge < -0.3 is 19.7 Å². The second-order valence-corrected chi connectivity index (χ2v) is 18.4. The highest BCUT2D eigenvalue weighted by Crippen LogP contribution is 2.16. The normalized spacial score (nSPS) is 11.6. The van der Waals surface area contributed by atoms with Gasteiger partial charge in [-0.3, -0.25) is 19.4 Å². The number of nitrogens with zero attached hydrogens (tertiary/aromatic N) is 2. The molecule has 0 aromatic carbocycles. The van der Waals surface area contributed by atoms with Crippen LogP contribution in [0.2, 0.25) is 0 Å². The molecule has 0 heterocycles. The highest BCUT2D eigenvalue weighted by Gasteiger charge is 2.10. The van der Waals surface area contributed by atoms with E-state index in [1.807, 2.05) is 0 Å². The van der Waals surface area contributed by atoms with Crippen LogP contribution in [0.15, 0.2) is 0 Å². The van der Waals surface area contributed by atoms with Gasteiger partial charge in [-0.25, -0.2) is 0 Å². The van der Waals surface area contributed by atoms with Gasteiger partial charge in [-0.2, -0.15) is 0 Å². The van der Waals surface area contributed by atoms with Gasteiger partial charge in [0.05, 0.1) is 13.2 Å². The van der Waals surface area contributed by atoms with Crippen molar-refractivity contribution in [2.45, 2.75) is 264 Å². The Morgan fingerprint density at radius 1 is 0.311 bits per heavy atom. The molecule has 61 heavy (non-hydrogen) atoms. The maximum absolute atomic E-state index is 12.3. The third kappa shape index (κ3) is 48.1. The van der Waals surface area contributed by atoms with Gasteiger partial charge in [-0.05, 0) is 38.8 Å². The minimum atomic E-state index is -0.139. The smallest absolute Gasteiger partial charge is 0.305 e. The van der Waals surface area contributed by atoms with Gasteiger partial charge >= 0.3 is 11.9 Å². The van der Waals surface area contributed by atoms with Crippen LogP contribution in [0.3, 0.4) is 0 Å². The lowest BCUT2D eigenvalue weighted by atomic mass is 10.0. The average Bonchev–Trinajstić information content (AvgIpc) is 3.25. The maximum Gasteiger partial charge on any atom is 0.305 e. The molecule has 0 unspecified atom stereocenters. The molecule has 0 aliphatic heterocycles. The lowest BCUT2D eigenvalue weighted by Gasteiger charge is -2.21. The predicted molar refractivity (Wildman–Crippen MR) is 260 cm³/mol. The lowest BCUT2D eigenvalue weighted by Crippen LogP contribution is -2.32. The quantitative estimate of drug-likeness (QED) is 0.0461. The zero-order chi connectivity index (χ0) is 44.4. The van der Waals surface area contributed by atoms with E-state index >= 15 is 0 Å². The van der Waals surface area contributed by atoms with Crippen molar-refractivity contribution in [1.29, 1.82) is 0 Å². The molecular weight excluding hydrogens is 761 g/mol. The van der Waals surface area contributed by atoms with Crippen LogP contribution in [-0.2, 0) is 19.1 Å². The zero-order valence-corrected chi connectivity index (χ0v) is 41.1. The largest absolute Gasteiger partial charge is 0.464 e. The minimum Gasteiger partial charge on any atom is -0.464 e. The third-order valence-corrected chi connectivity index (χ3v) is 12.6. The van der Waals surface area contributed by atoms with Crippen LogP contribution in [0.5, 0.6) is 0 Å². The number of unbranched alkanes of at least 4 members (excludes halogenated alkanes) is 34. The molecule has 0 amide bonds. The summed E-state index contributed by atoms with van der Waals surface area (Å²) in [6.45, 7) is 10.1. The molecule has 0 atom stereocenters. The first-order valence-corrected chi connectivity index (χ1v) is 27.0. The molecule has 2 N–H and O–H groups in total. The molecule has 0 aromatic heterocycles. The topological polar surface area (TPSA) is 99.5 Å². The standard InChI is InChI=1S/C53H106N2O6/c1-3-5-7-9-11-13-15-17-19-21-23-25-27-29-34-38-42-54(44-48-56)46-50-60-52(58)40-36-32-31-33-37-41-53(59)61-51-47-55(45-49-57)43-39-35-30-28-26-24-22-20-18-16-14-12-10-8-6-4-2/h56-57H,3-51H2,1-2H3. The number of hydrogen-bond donors (Lipinski definition) is 2. The second-order valence-electron chi connectivity index (χ2n) is 18.4. The van der Waals surface area contributed by atoms with Gasteiger partial charge in [0.25, 0.3) is 0 Å². The maximum atomic E-state index is 12.3. The average molecular weight is 867 g/mol. The fourth-order valence-electron chi connectivity index (χ4n) is 8.51. The highest BCUT2D eigenvalue weighted by atomic mass is 16.5. The fraction of sp³-hybridized carbons (Fsp3) is 0.962. The van der Waals surface area contributed by atoms with Crippen LogP contribution in [0.25, 0.3) is 0 Å². The third-order valence-electron chi connectivity index (χ3n) is 12.6. The fourth-order valence-corrected chi connectivity index (χ4v) is 8.51. The van der Waals surface area contributed by atoms with E-state index in [1.54, 1.807) is 0 Å². The van der Waals surface area contributed by atoms with Crippen molar-refractivity contribution in [1.82, 2.24) is 9.80 Å². The molecule has 0 rings (SSSR count). The molecule has 0 saturated heterocycles. The van der Waals surface area contributed by atoms with Crippen LogP contribution >= 0.6 is 0 Å². The van der Waals surface area contributed by atoms with Gasteiger partial charge in [-0.15, -0.1) is 0 Å². The molecule has 8 nitrogen and oxygen atoms in total. The first-order chi connectivity index (χ1) is 30.1. The summed E-state index contributed by atoms with van der Waals surface area (Å²) in [5.41, 5.74) is 0. The molecule has 8 heteroatoms. The molecule has 0 fully saturated rings. The van der Waals surface area contributed by atoms with E-state index < -0.39 is 0 Å². The summed E-state index contributed by atoms with van der Waals surface area (Å²) in [5, 5.41) is 19.0. The lowest BCUT2D eigenvalue weighted by molar-refractivity contribution is -0.145. The summed E-state index contributed by atoms with van der Waals surface area (Å²) in [4.78, 5) is 29.0. The highest BCUT2D eigenvalue weighted by molar-refractivity contribution is 5.69. The van der Waals surface area contributed by atoms with Gasteiger partial charge in [-0.1, -0.05) is 226 Å². The molecule has 0 aliphatic carbocycles. The number of ether oxygens (including phenoxy) is 2. The number of rotatable bonds is 52. The van der Waals surface area contributed by atoms with Crippen molar-refractivity contribution in [2.75, 3.05) is 65.7 Å². The van der Waals surface area contributed by atoms with Crippen LogP contribution in [0.4, 0.5) is 0 Å². The predicted octanol–water partition coefficient (Wildman–Crippen LogP) is 13.9. The van der Waals surface area contributed by atoms with Gasteiger partial charge in [0, 0.05) is 39.0 Å². The molecule has 0 bridgehead atoms. The number of aliphatic hydroxyl groups is 2. The van der Waals surface area contributed by atoms with Gasteiger partial charge in [0.2, 0.25) is 0 Å². The minimum absolute atomic E-state index is 0.132. The molecule has 0 radical (unpaired) electrons. The Morgan fingerprint density at radius 3 is 0.787 bits per heavy atom. The van der Waals surface area contributed by atoms with Crippen molar-refractivity contribution in [2.24, 2.45) is 0 Å². The van der Waals surface area contributed by atoms with Crippen molar-refractivity contribution in [3.8, 4) is 0 Å². The summed E-state index contributed by atoms with van der Waals surface area (Å²) in [6, 6.07) is 0. The summed E-state index contributed by atoms with van der Waals surface area (Å²) < 4.78 is 11.0. The van der Waals surface area contributed by atoms with Crippen LogP contribution in [0.1, 0.15) is 264 Å². The Kier molecular flexibility index (Phi) is 50.4. The van der Waals surface area contributed by atoms with Gasteiger partial charge in [0.15, 0.2) is 0 Å². The van der Waals surface area contributed by atoms with Crippen LogP contribution < -0.4 is 0 Å². The molecule has 0 aromatic rings. The molecule has 0 spiro atoms. The zero-order valence-electron chi connectivity index (χ0n) is 41.1. The van der Waals surface area contributed by atoms with Crippen LogP contribution in [0, 0.1) is 0 Å². The number of esters is 2.